The molecule has 0 bridgehead atoms. The standard InChI is InChI=1S/C22H22ClN3O3/c1-3-17(16-9-7-15(2)8-10-16)24-20(27)14-29-21(28)12-11-18-22(23)25-19-6-4-5-13-26(18)19/h4-13,17H,3,14H2,1-2H3,(H,24,27)/b12-11+/t17-/m0/s1. The maximum atomic E-state index is 12.2. The van der Waals surface area contributed by atoms with Crippen molar-refractivity contribution in [2.24, 2.45) is 0 Å². The molecule has 150 valence electrons. The molecule has 0 saturated heterocycles. The summed E-state index contributed by atoms with van der Waals surface area (Å²) in [6, 6.07) is 13.3. The molecule has 0 aliphatic heterocycles. The van der Waals surface area contributed by atoms with Crippen LogP contribution in [-0.2, 0) is 14.3 Å². The summed E-state index contributed by atoms with van der Waals surface area (Å²) in [4.78, 5) is 28.4. The second kappa shape index (κ2) is 9.39. The fourth-order valence-corrected chi connectivity index (χ4v) is 3.16. The first-order chi connectivity index (χ1) is 14.0. The Morgan fingerprint density at radius 1 is 1.24 bits per heavy atom. The topological polar surface area (TPSA) is 72.7 Å². The van der Waals surface area contributed by atoms with Gasteiger partial charge in [0.05, 0.1) is 11.7 Å². The third kappa shape index (κ3) is 5.23. The van der Waals surface area contributed by atoms with E-state index in [9.17, 15) is 9.59 Å². The summed E-state index contributed by atoms with van der Waals surface area (Å²) in [7, 11) is 0. The molecule has 1 amide bonds. The van der Waals surface area contributed by atoms with E-state index >= 15 is 0 Å². The minimum atomic E-state index is -0.634. The number of nitrogens with zero attached hydrogens (tertiary/aromatic N) is 2. The smallest absolute Gasteiger partial charge is 0.331 e. The summed E-state index contributed by atoms with van der Waals surface area (Å²) >= 11 is 6.12. The molecule has 0 saturated carbocycles. The van der Waals surface area contributed by atoms with E-state index in [0.717, 1.165) is 17.5 Å². The average molecular weight is 412 g/mol. The fraction of sp³-hybridized carbons (Fsp3) is 0.227. The summed E-state index contributed by atoms with van der Waals surface area (Å²) in [5.41, 5.74) is 3.40. The monoisotopic (exact) mass is 411 g/mol. The molecule has 1 N–H and O–H groups in total. The third-order valence-electron chi connectivity index (χ3n) is 4.47. The van der Waals surface area contributed by atoms with Crippen LogP contribution in [0.5, 0.6) is 0 Å². The number of esters is 1. The lowest BCUT2D eigenvalue weighted by Gasteiger charge is -2.17. The molecule has 0 aliphatic carbocycles. The number of ether oxygens (including phenoxy) is 1. The van der Waals surface area contributed by atoms with Gasteiger partial charge in [-0.1, -0.05) is 54.4 Å². The number of carbonyl (C=O) groups excluding carboxylic acids is 2. The Hall–Kier alpha value is -3.12. The van der Waals surface area contributed by atoms with Crippen molar-refractivity contribution in [3.8, 4) is 0 Å². The molecular formula is C22H22ClN3O3. The van der Waals surface area contributed by atoms with E-state index in [1.54, 1.807) is 10.6 Å². The molecule has 29 heavy (non-hydrogen) atoms. The van der Waals surface area contributed by atoms with E-state index in [4.69, 9.17) is 16.3 Å². The van der Waals surface area contributed by atoms with Gasteiger partial charge in [-0.25, -0.2) is 9.78 Å². The van der Waals surface area contributed by atoms with Gasteiger partial charge < -0.3 is 10.1 Å². The summed E-state index contributed by atoms with van der Waals surface area (Å²) in [6.45, 7) is 3.64. The van der Waals surface area contributed by atoms with Gasteiger partial charge in [-0.15, -0.1) is 0 Å². The van der Waals surface area contributed by atoms with Crippen molar-refractivity contribution in [3.63, 3.8) is 0 Å². The van der Waals surface area contributed by atoms with Crippen LogP contribution in [0.1, 0.15) is 36.2 Å². The van der Waals surface area contributed by atoms with E-state index in [2.05, 4.69) is 10.3 Å². The van der Waals surface area contributed by atoms with Gasteiger partial charge in [0, 0.05) is 12.3 Å². The lowest BCUT2D eigenvalue weighted by molar-refractivity contribution is -0.144. The second-order valence-electron chi connectivity index (χ2n) is 6.60. The van der Waals surface area contributed by atoms with Gasteiger partial charge in [0.25, 0.3) is 5.91 Å². The first-order valence-electron chi connectivity index (χ1n) is 9.31. The van der Waals surface area contributed by atoms with Crippen LogP contribution >= 0.6 is 11.6 Å². The van der Waals surface area contributed by atoms with Crippen molar-refractivity contribution in [2.45, 2.75) is 26.3 Å². The van der Waals surface area contributed by atoms with Gasteiger partial charge in [0.1, 0.15) is 5.65 Å². The molecule has 1 aromatic carbocycles. The number of nitrogens with one attached hydrogen (secondary N) is 1. The van der Waals surface area contributed by atoms with E-state index in [0.29, 0.717) is 11.3 Å². The van der Waals surface area contributed by atoms with Crippen molar-refractivity contribution in [3.05, 3.63) is 76.7 Å². The average Bonchev–Trinajstić information content (AvgIpc) is 3.04. The van der Waals surface area contributed by atoms with E-state index < -0.39 is 5.97 Å². The van der Waals surface area contributed by atoms with Crippen molar-refractivity contribution in [1.82, 2.24) is 14.7 Å². The van der Waals surface area contributed by atoms with Crippen LogP contribution < -0.4 is 5.32 Å². The van der Waals surface area contributed by atoms with E-state index in [1.165, 1.54) is 12.2 Å². The van der Waals surface area contributed by atoms with E-state index in [-0.39, 0.29) is 23.7 Å². The number of carbonyl (C=O) groups is 2. The van der Waals surface area contributed by atoms with Crippen LogP contribution in [0, 0.1) is 6.92 Å². The number of halogens is 1. The quantitative estimate of drug-likeness (QED) is 0.469. The first-order valence-corrected chi connectivity index (χ1v) is 9.69. The molecular weight excluding hydrogens is 390 g/mol. The van der Waals surface area contributed by atoms with Crippen molar-refractivity contribution >= 4 is 35.2 Å². The van der Waals surface area contributed by atoms with Crippen LogP contribution in [-0.4, -0.2) is 27.9 Å². The Morgan fingerprint density at radius 3 is 2.72 bits per heavy atom. The number of aromatic nitrogens is 2. The number of pyridine rings is 1. The zero-order valence-electron chi connectivity index (χ0n) is 16.3. The lowest BCUT2D eigenvalue weighted by Crippen LogP contribution is -2.32. The highest BCUT2D eigenvalue weighted by molar-refractivity contribution is 6.31. The Bertz CT molecular complexity index is 1040. The van der Waals surface area contributed by atoms with E-state index in [1.807, 2.05) is 56.3 Å². The minimum absolute atomic E-state index is 0.130. The Balaban J connectivity index is 1.55. The van der Waals surface area contributed by atoms with Gasteiger partial charge in [0.15, 0.2) is 11.8 Å². The molecule has 0 fully saturated rings. The first kappa shape index (κ1) is 20.6. The molecule has 1 atom stereocenters. The molecule has 0 unspecified atom stereocenters. The summed E-state index contributed by atoms with van der Waals surface area (Å²) in [5.74, 6) is -0.988. The zero-order valence-corrected chi connectivity index (χ0v) is 17.0. The molecule has 3 rings (SSSR count). The van der Waals surface area contributed by atoms with Crippen LogP contribution in [0.25, 0.3) is 11.7 Å². The molecule has 0 aliphatic rings. The predicted octanol–water partition coefficient (Wildman–Crippen LogP) is 4.12. The molecule has 2 aromatic heterocycles. The van der Waals surface area contributed by atoms with Gasteiger partial charge in [-0.05, 0) is 37.1 Å². The summed E-state index contributed by atoms with van der Waals surface area (Å²) < 4.78 is 6.80. The number of benzene rings is 1. The summed E-state index contributed by atoms with van der Waals surface area (Å²) in [6.07, 6.45) is 5.27. The molecule has 0 spiro atoms. The van der Waals surface area contributed by atoms with Gasteiger partial charge >= 0.3 is 5.97 Å². The maximum absolute atomic E-state index is 12.2. The van der Waals surface area contributed by atoms with Crippen molar-refractivity contribution in [1.29, 1.82) is 0 Å². The number of hydrogen-bond acceptors (Lipinski definition) is 4. The second-order valence-corrected chi connectivity index (χ2v) is 6.95. The molecule has 7 heteroatoms. The molecule has 6 nitrogen and oxygen atoms in total. The van der Waals surface area contributed by atoms with Gasteiger partial charge in [-0.3, -0.25) is 9.20 Å². The fourth-order valence-electron chi connectivity index (χ4n) is 2.92. The highest BCUT2D eigenvalue weighted by atomic mass is 35.5. The number of fused-ring (bicyclic) bond motifs is 1. The number of hydrogen-bond donors (Lipinski definition) is 1. The van der Waals surface area contributed by atoms with Gasteiger partial charge in [0.2, 0.25) is 0 Å². The van der Waals surface area contributed by atoms with Crippen molar-refractivity contribution in [2.75, 3.05) is 6.61 Å². The Labute approximate surface area is 174 Å². The lowest BCUT2D eigenvalue weighted by atomic mass is 10.0. The number of rotatable bonds is 7. The SMILES string of the molecule is CC[C@H](NC(=O)COC(=O)/C=C/c1c(Cl)nc2ccccn12)c1ccc(C)cc1. The number of aryl methyl sites for hydroxylation is 1. The predicted molar refractivity (Wildman–Crippen MR) is 113 cm³/mol. The number of imidazole rings is 1. The number of amides is 1. The third-order valence-corrected chi connectivity index (χ3v) is 4.75. The van der Waals surface area contributed by atoms with Crippen LogP contribution in [0.15, 0.2) is 54.7 Å². The Kier molecular flexibility index (Phi) is 6.67. The highest BCUT2D eigenvalue weighted by Crippen LogP contribution is 2.19. The largest absolute Gasteiger partial charge is 0.452 e. The molecule has 0 radical (unpaired) electrons. The minimum Gasteiger partial charge on any atom is -0.452 e. The Morgan fingerprint density at radius 2 is 2.00 bits per heavy atom. The zero-order chi connectivity index (χ0) is 20.8. The van der Waals surface area contributed by atoms with Crippen LogP contribution in [0.2, 0.25) is 5.15 Å². The molecule has 2 heterocycles. The van der Waals surface area contributed by atoms with Crippen molar-refractivity contribution < 1.29 is 14.3 Å². The van der Waals surface area contributed by atoms with Crippen LogP contribution in [0.3, 0.4) is 0 Å². The van der Waals surface area contributed by atoms with Crippen LogP contribution in [0.4, 0.5) is 0 Å². The highest BCUT2D eigenvalue weighted by Gasteiger charge is 2.14. The normalized spacial score (nSPS) is 12.2. The molecule has 3 aromatic rings. The van der Waals surface area contributed by atoms with Gasteiger partial charge in [-0.2, -0.15) is 0 Å². The maximum Gasteiger partial charge on any atom is 0.331 e. The summed E-state index contributed by atoms with van der Waals surface area (Å²) in [5, 5.41) is 3.16.